The molecule has 4 rings (SSSR count). The lowest BCUT2D eigenvalue weighted by molar-refractivity contribution is -0.120. The van der Waals surface area contributed by atoms with E-state index in [0.29, 0.717) is 12.5 Å². The van der Waals surface area contributed by atoms with Crippen molar-refractivity contribution < 1.29 is 14.3 Å². The van der Waals surface area contributed by atoms with Crippen molar-refractivity contribution in [3.05, 3.63) is 41.5 Å². The largest absolute Gasteiger partial charge is 0.446 e. The minimum Gasteiger partial charge on any atom is -0.446 e. The molecule has 33 heavy (non-hydrogen) atoms. The lowest BCUT2D eigenvalue weighted by Crippen LogP contribution is -2.52. The molecule has 2 amide bonds. The zero-order valence-electron chi connectivity index (χ0n) is 20.8. The van der Waals surface area contributed by atoms with E-state index in [4.69, 9.17) is 4.74 Å². The Kier molecular flexibility index (Phi) is 6.96. The molecule has 0 bridgehead atoms. The second kappa shape index (κ2) is 9.74. The number of hydrogen-bond donors (Lipinski definition) is 0. The molecule has 1 unspecified atom stereocenters. The average Bonchev–Trinajstić information content (AvgIpc) is 3.64. The Labute approximate surface area is 198 Å². The first-order chi connectivity index (χ1) is 15.8. The molecule has 178 valence electrons. The number of nitrogens with zero attached hydrogens (tertiary/aromatic N) is 2. The number of allylic oxidation sites excluding steroid dienone is 4. The van der Waals surface area contributed by atoms with Gasteiger partial charge in [0.1, 0.15) is 0 Å². The topological polar surface area (TPSA) is 49.9 Å². The van der Waals surface area contributed by atoms with E-state index in [-0.39, 0.29) is 30.1 Å². The number of carbonyl (C=O) groups excluding carboxylic acids is 2. The van der Waals surface area contributed by atoms with Gasteiger partial charge in [0, 0.05) is 12.5 Å². The van der Waals surface area contributed by atoms with Crippen molar-refractivity contribution in [1.29, 1.82) is 0 Å². The molecule has 2 aliphatic carbocycles. The summed E-state index contributed by atoms with van der Waals surface area (Å²) in [5.74, 6) is 0.814. The summed E-state index contributed by atoms with van der Waals surface area (Å²) < 4.78 is 5.59. The van der Waals surface area contributed by atoms with Crippen LogP contribution in [0.5, 0.6) is 0 Å². The first-order valence-electron chi connectivity index (χ1n) is 12.7. The summed E-state index contributed by atoms with van der Waals surface area (Å²) in [6.07, 6.45) is 10.3. The van der Waals surface area contributed by atoms with Crippen molar-refractivity contribution in [2.24, 2.45) is 11.8 Å². The van der Waals surface area contributed by atoms with Crippen molar-refractivity contribution >= 4 is 28.9 Å². The molecule has 5 heteroatoms. The van der Waals surface area contributed by atoms with Gasteiger partial charge in [-0.05, 0) is 88.5 Å². The van der Waals surface area contributed by atoms with Gasteiger partial charge in [-0.2, -0.15) is 0 Å². The second-order valence-corrected chi connectivity index (χ2v) is 10.1. The van der Waals surface area contributed by atoms with Gasteiger partial charge >= 0.3 is 6.09 Å². The van der Waals surface area contributed by atoms with Gasteiger partial charge in [-0.1, -0.05) is 37.6 Å². The summed E-state index contributed by atoms with van der Waals surface area (Å²) in [4.78, 5) is 29.9. The van der Waals surface area contributed by atoms with Crippen LogP contribution in [0.1, 0.15) is 78.7 Å². The Bertz CT molecular complexity index is 973. The standard InChI is InChI=1S/C28H38N2O3/c1-6-19(4)23-10-8-7-9-11-24(23)22-14-15-25-26(16-22)29(28(32)33-18(2)3)17-20(5)30(25)27(31)21-12-13-21/h9,11,14-16,18-21H,6-8,10,12-13,17H2,1-5H3/t19?,20-/m0/s1. The number of fused-ring (bicyclic) bond motifs is 1. The Morgan fingerprint density at radius 2 is 1.91 bits per heavy atom. The molecule has 2 atom stereocenters. The highest BCUT2D eigenvalue weighted by atomic mass is 16.6. The Hall–Kier alpha value is -2.56. The van der Waals surface area contributed by atoms with Gasteiger partial charge in [-0.3, -0.25) is 9.69 Å². The summed E-state index contributed by atoms with van der Waals surface area (Å²) >= 11 is 0. The van der Waals surface area contributed by atoms with Gasteiger partial charge in [-0.15, -0.1) is 0 Å². The van der Waals surface area contributed by atoms with Crippen molar-refractivity contribution in [2.45, 2.75) is 85.3 Å². The molecule has 1 aromatic carbocycles. The van der Waals surface area contributed by atoms with Crippen LogP contribution in [-0.2, 0) is 9.53 Å². The summed E-state index contributed by atoms with van der Waals surface area (Å²) in [5.41, 5.74) is 5.45. The van der Waals surface area contributed by atoms with Crippen LogP contribution >= 0.6 is 0 Å². The maximum Gasteiger partial charge on any atom is 0.414 e. The summed E-state index contributed by atoms with van der Waals surface area (Å²) in [5, 5.41) is 0. The van der Waals surface area contributed by atoms with E-state index in [1.807, 2.05) is 31.7 Å². The van der Waals surface area contributed by atoms with E-state index in [2.05, 4.69) is 38.1 Å². The third-order valence-electron chi connectivity index (χ3n) is 7.10. The van der Waals surface area contributed by atoms with Crippen LogP contribution in [0.2, 0.25) is 0 Å². The fourth-order valence-corrected chi connectivity index (χ4v) is 4.99. The zero-order valence-corrected chi connectivity index (χ0v) is 20.8. The van der Waals surface area contributed by atoms with E-state index < -0.39 is 0 Å². The Morgan fingerprint density at radius 3 is 2.58 bits per heavy atom. The highest BCUT2D eigenvalue weighted by Crippen LogP contribution is 2.43. The Morgan fingerprint density at radius 1 is 1.15 bits per heavy atom. The highest BCUT2D eigenvalue weighted by molar-refractivity contribution is 6.05. The van der Waals surface area contributed by atoms with E-state index in [9.17, 15) is 9.59 Å². The quantitative estimate of drug-likeness (QED) is 0.500. The minimum absolute atomic E-state index is 0.0937. The fraction of sp³-hybridized carbons (Fsp3) is 0.571. The molecule has 0 saturated heterocycles. The number of ether oxygens (including phenoxy) is 1. The number of hydrogen-bond acceptors (Lipinski definition) is 3. The van der Waals surface area contributed by atoms with E-state index in [0.717, 1.165) is 49.0 Å². The first-order valence-corrected chi connectivity index (χ1v) is 12.7. The van der Waals surface area contributed by atoms with Gasteiger partial charge in [0.15, 0.2) is 0 Å². The summed E-state index contributed by atoms with van der Waals surface area (Å²) in [6, 6.07) is 6.17. The smallest absolute Gasteiger partial charge is 0.414 e. The lowest BCUT2D eigenvalue weighted by atomic mass is 9.87. The number of rotatable bonds is 5. The van der Waals surface area contributed by atoms with Crippen molar-refractivity contribution in [3.63, 3.8) is 0 Å². The first kappa shape index (κ1) is 23.6. The van der Waals surface area contributed by atoms with Crippen LogP contribution in [0, 0.1) is 11.8 Å². The Balaban J connectivity index is 1.82. The highest BCUT2D eigenvalue weighted by Gasteiger charge is 2.41. The number of anilines is 2. The van der Waals surface area contributed by atoms with Gasteiger partial charge in [-0.25, -0.2) is 4.79 Å². The average molecular weight is 451 g/mol. The second-order valence-electron chi connectivity index (χ2n) is 10.1. The van der Waals surface area contributed by atoms with Gasteiger partial charge in [0.25, 0.3) is 0 Å². The van der Waals surface area contributed by atoms with Crippen LogP contribution in [0.25, 0.3) is 5.57 Å². The summed E-state index contributed by atoms with van der Waals surface area (Å²) in [7, 11) is 0. The van der Waals surface area contributed by atoms with E-state index >= 15 is 0 Å². The molecular formula is C28H38N2O3. The number of amides is 2. The number of benzene rings is 1. The molecule has 0 spiro atoms. The van der Waals surface area contributed by atoms with E-state index in [1.54, 1.807) is 4.90 Å². The third-order valence-corrected chi connectivity index (χ3v) is 7.10. The SMILES string of the molecule is CCC(C)C1=C(c2ccc3c(c2)N(C(=O)OC(C)C)C[C@H](C)N3C(=O)C2CC2)C=CCCC1. The monoisotopic (exact) mass is 450 g/mol. The fourth-order valence-electron chi connectivity index (χ4n) is 4.99. The van der Waals surface area contributed by atoms with E-state index in [1.165, 1.54) is 17.6 Å². The predicted octanol–water partition coefficient (Wildman–Crippen LogP) is 6.72. The van der Waals surface area contributed by atoms with Crippen molar-refractivity contribution in [3.8, 4) is 0 Å². The predicted molar refractivity (Wildman–Crippen MR) is 134 cm³/mol. The minimum atomic E-state index is -0.346. The van der Waals surface area contributed by atoms with Crippen molar-refractivity contribution in [1.82, 2.24) is 0 Å². The molecule has 5 nitrogen and oxygen atoms in total. The molecule has 1 fully saturated rings. The molecular weight excluding hydrogens is 412 g/mol. The molecule has 1 saturated carbocycles. The molecule has 0 radical (unpaired) electrons. The van der Waals surface area contributed by atoms with Crippen LogP contribution in [0.15, 0.2) is 35.9 Å². The normalized spacial score (nSPS) is 21.7. The molecule has 1 aliphatic heterocycles. The van der Waals surface area contributed by atoms with Crippen LogP contribution in [-0.4, -0.2) is 30.7 Å². The lowest BCUT2D eigenvalue weighted by Gasteiger charge is -2.41. The molecule has 0 aromatic heterocycles. The maximum atomic E-state index is 13.2. The molecule has 3 aliphatic rings. The van der Waals surface area contributed by atoms with Crippen molar-refractivity contribution in [2.75, 3.05) is 16.3 Å². The molecule has 0 N–H and O–H groups in total. The van der Waals surface area contributed by atoms with Crippen LogP contribution < -0.4 is 9.80 Å². The molecule has 1 heterocycles. The zero-order chi connectivity index (χ0) is 23.7. The molecule has 1 aromatic rings. The van der Waals surface area contributed by atoms with Gasteiger partial charge in [0.2, 0.25) is 5.91 Å². The third kappa shape index (κ3) is 4.87. The number of carbonyl (C=O) groups is 2. The maximum absolute atomic E-state index is 13.2. The van der Waals surface area contributed by atoms with Crippen LogP contribution in [0.3, 0.4) is 0 Å². The van der Waals surface area contributed by atoms with Gasteiger partial charge in [0.05, 0.1) is 23.5 Å². The van der Waals surface area contributed by atoms with Gasteiger partial charge < -0.3 is 9.64 Å². The van der Waals surface area contributed by atoms with Crippen LogP contribution in [0.4, 0.5) is 16.2 Å². The summed E-state index contributed by atoms with van der Waals surface area (Å²) in [6.45, 7) is 10.7.